The second-order valence-electron chi connectivity index (χ2n) is 8.59. The second kappa shape index (κ2) is 10.6. The number of aromatic nitrogens is 2. The van der Waals surface area contributed by atoms with Gasteiger partial charge in [0.05, 0.1) is 22.7 Å². The summed E-state index contributed by atoms with van der Waals surface area (Å²) in [5, 5.41) is 0. The molecular weight excluding hydrogens is 472 g/mol. The average molecular weight is 503 g/mol. The molecule has 0 bridgehead atoms. The molecule has 0 radical (unpaired) electrons. The normalized spacial score (nSPS) is 22.4. The Bertz CT molecular complexity index is 1190. The maximum Gasteiger partial charge on any atom is 0.267 e. The maximum atomic E-state index is 13.6. The van der Waals surface area contributed by atoms with Gasteiger partial charge < -0.3 is 14.4 Å². The van der Waals surface area contributed by atoms with E-state index in [1.807, 2.05) is 39.8 Å². The summed E-state index contributed by atoms with van der Waals surface area (Å²) >= 11 is 6.69. The second-order valence-corrected chi connectivity index (χ2v) is 10.3. The van der Waals surface area contributed by atoms with Gasteiger partial charge in [0.15, 0.2) is 0 Å². The lowest BCUT2D eigenvalue weighted by Gasteiger charge is -2.36. The van der Waals surface area contributed by atoms with Crippen LogP contribution in [-0.2, 0) is 14.3 Å². The van der Waals surface area contributed by atoms with Gasteiger partial charge in [0, 0.05) is 39.0 Å². The van der Waals surface area contributed by atoms with Crippen molar-refractivity contribution in [2.75, 3.05) is 37.7 Å². The van der Waals surface area contributed by atoms with Crippen molar-refractivity contribution in [3.05, 3.63) is 44.7 Å². The zero-order valence-electron chi connectivity index (χ0n) is 19.9. The van der Waals surface area contributed by atoms with Gasteiger partial charge in [-0.2, -0.15) is 0 Å². The number of aryl methyl sites for hydroxylation is 1. The first kappa shape index (κ1) is 24.8. The number of pyridine rings is 1. The monoisotopic (exact) mass is 502 g/mol. The summed E-state index contributed by atoms with van der Waals surface area (Å²) in [7, 11) is 0. The van der Waals surface area contributed by atoms with E-state index >= 15 is 0 Å². The molecular formula is C24H30N4O4S2. The predicted octanol–water partition coefficient (Wildman–Crippen LogP) is 3.24. The van der Waals surface area contributed by atoms with Crippen LogP contribution in [0.25, 0.3) is 11.7 Å². The van der Waals surface area contributed by atoms with Gasteiger partial charge in [-0.1, -0.05) is 30.0 Å². The van der Waals surface area contributed by atoms with Gasteiger partial charge >= 0.3 is 0 Å². The lowest BCUT2D eigenvalue weighted by Crippen LogP contribution is -2.46. The van der Waals surface area contributed by atoms with Gasteiger partial charge in [0.2, 0.25) is 0 Å². The number of anilines is 1. The molecule has 0 aromatic carbocycles. The Morgan fingerprint density at radius 3 is 2.74 bits per heavy atom. The third-order valence-electron chi connectivity index (χ3n) is 5.81. The first-order valence-corrected chi connectivity index (χ1v) is 12.8. The summed E-state index contributed by atoms with van der Waals surface area (Å²) < 4.78 is 13.3. The molecule has 0 N–H and O–H groups in total. The van der Waals surface area contributed by atoms with Crippen molar-refractivity contribution >= 4 is 51.7 Å². The Morgan fingerprint density at radius 2 is 2.03 bits per heavy atom. The highest BCUT2D eigenvalue weighted by molar-refractivity contribution is 8.26. The molecule has 4 heterocycles. The third-order valence-corrected chi connectivity index (χ3v) is 7.18. The molecule has 2 saturated heterocycles. The number of thiocarbonyl (C=S) groups is 1. The lowest BCUT2D eigenvalue weighted by atomic mass is 10.1. The molecule has 2 aliphatic rings. The van der Waals surface area contributed by atoms with Gasteiger partial charge in [-0.15, -0.1) is 0 Å². The highest BCUT2D eigenvalue weighted by Crippen LogP contribution is 2.34. The van der Waals surface area contributed by atoms with E-state index in [0.29, 0.717) is 65.5 Å². The fourth-order valence-corrected chi connectivity index (χ4v) is 5.60. The average Bonchev–Trinajstić information content (AvgIpc) is 3.05. The number of hydrogen-bond donors (Lipinski definition) is 0. The number of amides is 1. The van der Waals surface area contributed by atoms with Crippen molar-refractivity contribution in [1.82, 2.24) is 14.3 Å². The molecule has 0 unspecified atom stereocenters. The van der Waals surface area contributed by atoms with E-state index in [1.54, 1.807) is 21.6 Å². The molecule has 8 nitrogen and oxygen atoms in total. The molecule has 2 fully saturated rings. The largest absolute Gasteiger partial charge is 0.382 e. The van der Waals surface area contributed by atoms with E-state index in [2.05, 4.69) is 4.90 Å². The van der Waals surface area contributed by atoms with Crippen LogP contribution in [0.5, 0.6) is 0 Å². The van der Waals surface area contributed by atoms with Crippen molar-refractivity contribution < 1.29 is 14.3 Å². The number of fused-ring (bicyclic) bond motifs is 1. The van der Waals surface area contributed by atoms with E-state index in [1.165, 1.54) is 11.8 Å². The standard InChI is InChI=1S/C24H30N4O4S2/c1-5-31-11-7-10-28-23(30)19(34-24(28)33)12-18-21(26-13-16(3)32-17(4)14-26)25-20-15(2)8-6-9-27(20)22(18)29/h6,8-9,12,16-17H,5,7,10-11,13-14H2,1-4H3/b19-12+/t16-,17-/m1/s1. The number of rotatable bonds is 7. The van der Waals surface area contributed by atoms with Gasteiger partial charge in [0.25, 0.3) is 11.5 Å². The molecule has 2 atom stereocenters. The van der Waals surface area contributed by atoms with Crippen LogP contribution in [-0.4, -0.2) is 69.6 Å². The summed E-state index contributed by atoms with van der Waals surface area (Å²) in [6, 6.07) is 3.76. The molecule has 2 aromatic heterocycles. The SMILES string of the molecule is CCOCCCN1C(=O)/C(=C\c2c(N3C[C@@H](C)O[C@H](C)C3)nc3c(C)cccn3c2=O)SC1=S. The minimum absolute atomic E-state index is 0.00253. The van der Waals surface area contributed by atoms with Gasteiger partial charge in [-0.05, 0) is 51.8 Å². The van der Waals surface area contributed by atoms with Crippen LogP contribution < -0.4 is 10.5 Å². The Balaban J connectivity index is 1.76. The van der Waals surface area contributed by atoms with Crippen LogP contribution in [0.1, 0.15) is 38.3 Å². The number of thioether (sulfide) groups is 1. The first-order chi connectivity index (χ1) is 16.3. The summed E-state index contributed by atoms with van der Waals surface area (Å²) in [5.41, 5.74) is 1.69. The quantitative estimate of drug-likeness (QED) is 0.325. The summed E-state index contributed by atoms with van der Waals surface area (Å²) in [4.78, 5) is 35.8. The van der Waals surface area contributed by atoms with Crippen molar-refractivity contribution in [2.45, 2.75) is 46.3 Å². The van der Waals surface area contributed by atoms with Crippen LogP contribution in [0.4, 0.5) is 5.82 Å². The van der Waals surface area contributed by atoms with Crippen LogP contribution >= 0.6 is 24.0 Å². The van der Waals surface area contributed by atoms with Crippen LogP contribution in [0.2, 0.25) is 0 Å². The van der Waals surface area contributed by atoms with E-state index < -0.39 is 0 Å². The Kier molecular flexibility index (Phi) is 7.71. The number of morpholine rings is 1. The van der Waals surface area contributed by atoms with Crippen molar-refractivity contribution in [2.24, 2.45) is 0 Å². The molecule has 0 aliphatic carbocycles. The summed E-state index contributed by atoms with van der Waals surface area (Å²) in [6.07, 6.45) is 4.06. The van der Waals surface area contributed by atoms with Crippen LogP contribution in [0.3, 0.4) is 0 Å². The van der Waals surface area contributed by atoms with Crippen molar-refractivity contribution in [3.8, 4) is 0 Å². The minimum atomic E-state index is -0.211. The van der Waals surface area contributed by atoms with E-state index in [9.17, 15) is 9.59 Å². The Morgan fingerprint density at radius 1 is 1.29 bits per heavy atom. The van der Waals surface area contributed by atoms with Gasteiger partial charge in [-0.3, -0.25) is 18.9 Å². The third kappa shape index (κ3) is 5.05. The number of ether oxygens (including phenoxy) is 2. The van der Waals surface area contributed by atoms with Crippen molar-refractivity contribution in [1.29, 1.82) is 0 Å². The van der Waals surface area contributed by atoms with E-state index in [-0.39, 0.29) is 23.7 Å². The number of hydrogen-bond acceptors (Lipinski definition) is 8. The lowest BCUT2D eigenvalue weighted by molar-refractivity contribution is -0.122. The first-order valence-electron chi connectivity index (χ1n) is 11.6. The van der Waals surface area contributed by atoms with E-state index in [0.717, 1.165) is 5.56 Å². The highest BCUT2D eigenvalue weighted by Gasteiger charge is 2.33. The van der Waals surface area contributed by atoms with Gasteiger partial charge in [-0.25, -0.2) is 4.98 Å². The zero-order chi connectivity index (χ0) is 24.4. The summed E-state index contributed by atoms with van der Waals surface area (Å²) in [5.74, 6) is 0.387. The maximum absolute atomic E-state index is 13.6. The predicted molar refractivity (Wildman–Crippen MR) is 139 cm³/mol. The smallest absolute Gasteiger partial charge is 0.267 e. The summed E-state index contributed by atoms with van der Waals surface area (Å²) in [6.45, 7) is 10.8. The minimum Gasteiger partial charge on any atom is -0.382 e. The Labute approximate surface area is 208 Å². The molecule has 10 heteroatoms. The fourth-order valence-electron chi connectivity index (χ4n) is 4.31. The molecule has 2 aromatic rings. The molecule has 1 amide bonds. The number of nitrogens with zero attached hydrogens (tertiary/aromatic N) is 4. The van der Waals surface area contributed by atoms with Gasteiger partial charge in [0.1, 0.15) is 15.8 Å². The van der Waals surface area contributed by atoms with Crippen LogP contribution in [0, 0.1) is 6.92 Å². The molecule has 0 saturated carbocycles. The topological polar surface area (TPSA) is 76.4 Å². The molecule has 182 valence electrons. The van der Waals surface area contributed by atoms with Crippen molar-refractivity contribution in [3.63, 3.8) is 0 Å². The fraction of sp³-hybridized carbons (Fsp3) is 0.500. The number of carbonyl (C=O) groups excluding carboxylic acids is 1. The molecule has 2 aliphatic heterocycles. The molecule has 34 heavy (non-hydrogen) atoms. The van der Waals surface area contributed by atoms with Crippen LogP contribution in [0.15, 0.2) is 28.0 Å². The molecule has 4 rings (SSSR count). The molecule has 0 spiro atoms. The Hall–Kier alpha value is -2.27. The zero-order valence-corrected chi connectivity index (χ0v) is 21.6. The van der Waals surface area contributed by atoms with E-state index in [4.69, 9.17) is 26.7 Å². The highest BCUT2D eigenvalue weighted by atomic mass is 32.2. The number of carbonyl (C=O) groups is 1.